The van der Waals surface area contributed by atoms with Gasteiger partial charge in [0.2, 0.25) is 0 Å². The van der Waals surface area contributed by atoms with Crippen molar-refractivity contribution in [2.45, 2.75) is 58.3 Å². The molecule has 4 aliphatic carbocycles. The van der Waals surface area contributed by atoms with Gasteiger partial charge in [-0.05, 0) is 93.6 Å². The summed E-state index contributed by atoms with van der Waals surface area (Å²) in [7, 11) is 0. The van der Waals surface area contributed by atoms with Crippen LogP contribution in [0.2, 0.25) is 5.02 Å². The van der Waals surface area contributed by atoms with Gasteiger partial charge in [-0.25, -0.2) is 4.98 Å². The minimum Gasteiger partial charge on any atom is -0.466 e. The molecule has 7 nitrogen and oxygen atoms in total. The number of hydrogen-bond acceptors (Lipinski definition) is 6. The average Bonchev–Trinajstić information content (AvgIpc) is 2.92. The van der Waals surface area contributed by atoms with Crippen LogP contribution in [0.1, 0.15) is 68.6 Å². The van der Waals surface area contributed by atoms with Gasteiger partial charge in [0, 0.05) is 37.6 Å². The summed E-state index contributed by atoms with van der Waals surface area (Å²) in [6.07, 6.45) is 12.7. The Morgan fingerprint density at radius 3 is 2.37 bits per heavy atom. The largest absolute Gasteiger partial charge is 0.466 e. The molecule has 202 valence electrons. The lowest BCUT2D eigenvalue weighted by Gasteiger charge is -2.56. The van der Waals surface area contributed by atoms with Crippen LogP contribution < -0.4 is 10.2 Å². The third kappa shape index (κ3) is 5.02. The number of rotatable bonds is 7. The molecular weight excluding hydrogens is 500 g/mol. The maximum absolute atomic E-state index is 13.4. The first-order chi connectivity index (χ1) is 18.4. The van der Waals surface area contributed by atoms with Crippen molar-refractivity contribution < 1.29 is 14.3 Å². The van der Waals surface area contributed by atoms with Crippen molar-refractivity contribution in [3.63, 3.8) is 0 Å². The fraction of sp³-hybridized carbons (Fsp3) is 0.600. The summed E-state index contributed by atoms with van der Waals surface area (Å²) >= 11 is 6.54. The molecular formula is C30H37ClN4O3. The first-order valence-electron chi connectivity index (χ1n) is 14.2. The Morgan fingerprint density at radius 1 is 1.05 bits per heavy atom. The smallest absolute Gasteiger partial charge is 0.309 e. The zero-order valence-electron chi connectivity index (χ0n) is 22.1. The Balaban J connectivity index is 1.17. The van der Waals surface area contributed by atoms with Crippen LogP contribution in [0, 0.1) is 29.1 Å². The number of benzene rings is 1. The topological polar surface area (TPSA) is 84.4 Å². The number of nitrogens with zero attached hydrogens (tertiary/aromatic N) is 3. The molecule has 38 heavy (non-hydrogen) atoms. The van der Waals surface area contributed by atoms with Gasteiger partial charge >= 0.3 is 5.97 Å². The quantitative estimate of drug-likeness (QED) is 0.469. The summed E-state index contributed by atoms with van der Waals surface area (Å²) < 4.78 is 5.21. The molecule has 4 saturated carbocycles. The number of carbonyl (C=O) groups is 2. The van der Waals surface area contributed by atoms with E-state index >= 15 is 0 Å². The highest BCUT2D eigenvalue weighted by molar-refractivity contribution is 6.34. The van der Waals surface area contributed by atoms with Crippen LogP contribution in [0.15, 0.2) is 30.6 Å². The summed E-state index contributed by atoms with van der Waals surface area (Å²) in [5.74, 6) is 3.00. The molecule has 1 N–H and O–H groups in total. The van der Waals surface area contributed by atoms with Gasteiger partial charge in [0.1, 0.15) is 5.69 Å². The molecule has 2 aromatic rings. The van der Waals surface area contributed by atoms with Gasteiger partial charge in [-0.15, -0.1) is 0 Å². The summed E-state index contributed by atoms with van der Waals surface area (Å²) in [6.45, 7) is 4.37. The minimum absolute atomic E-state index is 0.0777. The van der Waals surface area contributed by atoms with Crippen LogP contribution in [0.5, 0.6) is 0 Å². The first-order valence-corrected chi connectivity index (χ1v) is 14.6. The van der Waals surface area contributed by atoms with E-state index in [0.717, 1.165) is 35.7 Å². The number of hydrogen-bond donors (Lipinski definition) is 1. The predicted octanol–water partition coefficient (Wildman–Crippen LogP) is 5.52. The van der Waals surface area contributed by atoms with E-state index in [1.54, 1.807) is 18.5 Å². The Labute approximate surface area is 229 Å². The standard InChI is InChI=1S/C30H37ClN4O3/c1-2-38-29(37)22-5-9-35(10-6-22)27-26(32-7-8-33-27)23-3-4-25(31)24(14-23)28(36)34-18-30-15-19-11-20(16-30)13-21(12-19)17-30/h3-4,7-8,14,19-22H,2,5-6,9-13,15-18H2,1H3,(H,34,36). The molecule has 2 heterocycles. The number of amides is 1. The van der Waals surface area contributed by atoms with Crippen molar-refractivity contribution in [2.75, 3.05) is 31.1 Å². The zero-order valence-corrected chi connectivity index (χ0v) is 22.9. The number of nitrogens with one attached hydrogen (secondary N) is 1. The number of anilines is 1. The highest BCUT2D eigenvalue weighted by Crippen LogP contribution is 2.59. The van der Waals surface area contributed by atoms with Crippen molar-refractivity contribution in [1.82, 2.24) is 15.3 Å². The van der Waals surface area contributed by atoms with Crippen molar-refractivity contribution in [1.29, 1.82) is 0 Å². The van der Waals surface area contributed by atoms with E-state index < -0.39 is 0 Å². The van der Waals surface area contributed by atoms with Crippen LogP contribution in [-0.4, -0.2) is 48.1 Å². The Bertz CT molecular complexity index is 1170. The molecule has 1 aromatic carbocycles. The van der Waals surface area contributed by atoms with E-state index in [9.17, 15) is 9.59 Å². The van der Waals surface area contributed by atoms with Gasteiger partial charge in [0.15, 0.2) is 5.82 Å². The lowest BCUT2D eigenvalue weighted by molar-refractivity contribution is -0.148. The molecule has 1 aromatic heterocycles. The molecule has 1 aliphatic heterocycles. The molecule has 0 atom stereocenters. The van der Waals surface area contributed by atoms with Crippen molar-refractivity contribution in [3.05, 3.63) is 41.2 Å². The molecule has 0 spiro atoms. The Hall–Kier alpha value is -2.67. The van der Waals surface area contributed by atoms with Crippen LogP contribution in [0.3, 0.4) is 0 Å². The number of piperidine rings is 1. The number of halogens is 1. The normalized spacial score (nSPS) is 28.4. The van der Waals surface area contributed by atoms with E-state index in [1.807, 2.05) is 19.1 Å². The Morgan fingerprint density at radius 2 is 1.71 bits per heavy atom. The Kier molecular flexibility index (Phi) is 7.06. The van der Waals surface area contributed by atoms with Gasteiger partial charge in [0.05, 0.1) is 23.1 Å². The second-order valence-corrected chi connectivity index (χ2v) is 12.4. The number of esters is 1. The minimum atomic E-state index is -0.117. The summed E-state index contributed by atoms with van der Waals surface area (Å²) in [4.78, 5) is 37.0. The third-order valence-electron chi connectivity index (χ3n) is 9.37. The zero-order chi connectivity index (χ0) is 26.3. The van der Waals surface area contributed by atoms with Crippen molar-refractivity contribution in [2.24, 2.45) is 29.1 Å². The second kappa shape index (κ2) is 10.5. The van der Waals surface area contributed by atoms with E-state index in [-0.39, 0.29) is 23.2 Å². The molecule has 7 rings (SSSR count). The highest BCUT2D eigenvalue weighted by atomic mass is 35.5. The first kappa shape index (κ1) is 25.6. The van der Waals surface area contributed by atoms with Crippen molar-refractivity contribution in [3.8, 4) is 11.3 Å². The molecule has 8 heteroatoms. The van der Waals surface area contributed by atoms with Crippen LogP contribution in [-0.2, 0) is 9.53 Å². The monoisotopic (exact) mass is 536 g/mol. The third-order valence-corrected chi connectivity index (χ3v) is 9.70. The second-order valence-electron chi connectivity index (χ2n) is 12.0. The fourth-order valence-electron chi connectivity index (χ4n) is 8.07. The number of ether oxygens (including phenoxy) is 1. The lowest BCUT2D eigenvalue weighted by atomic mass is 9.49. The van der Waals surface area contributed by atoms with E-state index in [4.69, 9.17) is 16.3 Å². The molecule has 1 saturated heterocycles. The molecule has 0 unspecified atom stereocenters. The fourth-order valence-corrected chi connectivity index (χ4v) is 8.27. The van der Waals surface area contributed by atoms with Gasteiger partial charge in [-0.1, -0.05) is 17.7 Å². The highest BCUT2D eigenvalue weighted by Gasteiger charge is 2.50. The number of aromatic nitrogens is 2. The number of carbonyl (C=O) groups excluding carboxylic acids is 2. The van der Waals surface area contributed by atoms with Gasteiger partial charge in [0.25, 0.3) is 5.91 Å². The van der Waals surface area contributed by atoms with E-state index in [2.05, 4.69) is 20.2 Å². The molecule has 0 radical (unpaired) electrons. The van der Waals surface area contributed by atoms with Crippen LogP contribution >= 0.6 is 11.6 Å². The molecule has 4 bridgehead atoms. The SMILES string of the molecule is CCOC(=O)C1CCN(c2nccnc2-c2ccc(Cl)c(C(=O)NCC34CC5CC(CC(C5)C3)C4)c2)CC1. The molecule has 5 aliphatic rings. The van der Waals surface area contributed by atoms with Gasteiger partial charge < -0.3 is 15.0 Å². The summed E-state index contributed by atoms with van der Waals surface area (Å²) in [5, 5.41) is 3.71. The van der Waals surface area contributed by atoms with E-state index in [1.165, 1.54) is 38.5 Å². The summed E-state index contributed by atoms with van der Waals surface area (Å²) in [5.41, 5.74) is 2.27. The van der Waals surface area contributed by atoms with Crippen LogP contribution in [0.25, 0.3) is 11.3 Å². The van der Waals surface area contributed by atoms with Gasteiger partial charge in [-0.2, -0.15) is 0 Å². The molecule has 5 fully saturated rings. The summed E-state index contributed by atoms with van der Waals surface area (Å²) in [6, 6.07) is 5.52. The van der Waals surface area contributed by atoms with E-state index in [0.29, 0.717) is 48.8 Å². The molecule has 1 amide bonds. The lowest BCUT2D eigenvalue weighted by Crippen LogP contribution is -2.51. The van der Waals surface area contributed by atoms with Gasteiger partial charge in [-0.3, -0.25) is 14.6 Å². The van der Waals surface area contributed by atoms with Crippen molar-refractivity contribution >= 4 is 29.3 Å². The predicted molar refractivity (Wildman–Crippen MR) is 147 cm³/mol. The maximum atomic E-state index is 13.4. The van der Waals surface area contributed by atoms with Crippen LogP contribution in [0.4, 0.5) is 5.82 Å². The average molecular weight is 537 g/mol. The maximum Gasteiger partial charge on any atom is 0.309 e.